The molecule has 0 aliphatic carbocycles. The van der Waals surface area contributed by atoms with Gasteiger partial charge in [0.15, 0.2) is 0 Å². The molecule has 6 nitrogen and oxygen atoms in total. The summed E-state index contributed by atoms with van der Waals surface area (Å²) in [6.07, 6.45) is 0. The molecule has 0 spiro atoms. The summed E-state index contributed by atoms with van der Waals surface area (Å²) in [6.45, 7) is 7.27. The van der Waals surface area contributed by atoms with Crippen LogP contribution in [0.5, 0.6) is 0 Å². The molecule has 7 heteroatoms. The van der Waals surface area contributed by atoms with E-state index in [2.05, 4.69) is 29.4 Å². The molecule has 0 unspecified atom stereocenters. The maximum Gasteiger partial charge on any atom is 0.337 e. The van der Waals surface area contributed by atoms with Gasteiger partial charge in [0.1, 0.15) is 0 Å². The molecule has 116 valence electrons. The summed E-state index contributed by atoms with van der Waals surface area (Å²) in [6, 6.07) is 3.95. The van der Waals surface area contributed by atoms with Gasteiger partial charge in [-0.05, 0) is 31.3 Å². The zero-order valence-electron chi connectivity index (χ0n) is 12.1. The molecule has 0 radical (unpaired) electrons. The number of hydrogen-bond donors (Lipinski definition) is 3. The molecular formula is C14H20ClN3O3. The van der Waals surface area contributed by atoms with Crippen LogP contribution < -0.4 is 10.6 Å². The molecule has 0 heterocycles. The molecule has 2 amide bonds. The van der Waals surface area contributed by atoms with Crippen LogP contribution in [0.2, 0.25) is 5.02 Å². The van der Waals surface area contributed by atoms with Gasteiger partial charge in [0.05, 0.1) is 10.6 Å². The molecular weight excluding hydrogens is 294 g/mol. The van der Waals surface area contributed by atoms with Crippen LogP contribution in [-0.2, 0) is 0 Å². The minimum absolute atomic E-state index is 0.0439. The lowest BCUT2D eigenvalue weighted by atomic mass is 10.2. The number of carboxylic acid groups (broad SMARTS) is 1. The lowest BCUT2D eigenvalue weighted by molar-refractivity contribution is 0.0697. The first-order valence-corrected chi connectivity index (χ1v) is 7.15. The normalized spacial score (nSPS) is 10.5. The molecule has 1 aromatic carbocycles. The summed E-state index contributed by atoms with van der Waals surface area (Å²) < 4.78 is 0. The first-order chi connectivity index (χ1) is 9.97. The van der Waals surface area contributed by atoms with Crippen LogP contribution >= 0.6 is 11.6 Å². The molecule has 0 saturated heterocycles. The second kappa shape index (κ2) is 8.49. The number of carboxylic acids is 1. The van der Waals surface area contributed by atoms with Crippen molar-refractivity contribution in [2.24, 2.45) is 0 Å². The summed E-state index contributed by atoms with van der Waals surface area (Å²) >= 11 is 5.76. The number of aromatic carboxylic acids is 1. The second-order valence-corrected chi connectivity index (χ2v) is 4.81. The number of nitrogens with one attached hydrogen (secondary N) is 2. The summed E-state index contributed by atoms with van der Waals surface area (Å²) in [4.78, 5) is 24.9. The van der Waals surface area contributed by atoms with Crippen molar-refractivity contribution in [1.82, 2.24) is 10.2 Å². The highest BCUT2D eigenvalue weighted by molar-refractivity contribution is 6.33. The van der Waals surface area contributed by atoms with E-state index in [-0.39, 0.29) is 16.6 Å². The fourth-order valence-corrected chi connectivity index (χ4v) is 2.01. The number of carbonyl (C=O) groups excluding carboxylic acids is 1. The van der Waals surface area contributed by atoms with Crippen molar-refractivity contribution in [3.05, 3.63) is 28.8 Å². The number of benzene rings is 1. The quantitative estimate of drug-likeness (QED) is 0.722. The summed E-state index contributed by atoms with van der Waals surface area (Å²) in [7, 11) is 0. The Hall–Kier alpha value is -1.79. The number of carbonyl (C=O) groups is 2. The van der Waals surface area contributed by atoms with Gasteiger partial charge >= 0.3 is 12.0 Å². The third kappa shape index (κ3) is 5.61. The molecule has 21 heavy (non-hydrogen) atoms. The van der Waals surface area contributed by atoms with E-state index in [1.165, 1.54) is 12.1 Å². The zero-order chi connectivity index (χ0) is 15.8. The van der Waals surface area contributed by atoms with Crippen LogP contribution in [-0.4, -0.2) is 48.2 Å². The summed E-state index contributed by atoms with van der Waals surface area (Å²) in [5.41, 5.74) is 0.342. The van der Waals surface area contributed by atoms with Crippen LogP contribution in [0.3, 0.4) is 0 Å². The van der Waals surface area contributed by atoms with Crippen molar-refractivity contribution < 1.29 is 14.7 Å². The van der Waals surface area contributed by atoms with E-state index in [4.69, 9.17) is 16.7 Å². The largest absolute Gasteiger partial charge is 0.478 e. The Morgan fingerprint density at radius 1 is 1.29 bits per heavy atom. The summed E-state index contributed by atoms with van der Waals surface area (Å²) in [5, 5.41) is 14.4. The standard InChI is InChI=1S/C14H20ClN3O3/c1-3-18(4-2)8-7-16-14(21)17-10-5-6-12(15)11(9-10)13(19)20/h5-6,9H,3-4,7-8H2,1-2H3,(H,19,20)(H2,16,17,21). The Balaban J connectivity index is 2.52. The van der Waals surface area contributed by atoms with E-state index in [0.717, 1.165) is 19.6 Å². The number of halogens is 1. The van der Waals surface area contributed by atoms with Gasteiger partial charge in [-0.2, -0.15) is 0 Å². The fourth-order valence-electron chi connectivity index (χ4n) is 1.81. The Labute approximate surface area is 129 Å². The van der Waals surface area contributed by atoms with Crippen molar-refractivity contribution in [2.45, 2.75) is 13.8 Å². The van der Waals surface area contributed by atoms with E-state index in [0.29, 0.717) is 12.2 Å². The molecule has 0 aromatic heterocycles. The average Bonchev–Trinajstić information content (AvgIpc) is 2.45. The zero-order valence-corrected chi connectivity index (χ0v) is 12.9. The predicted octanol–water partition coefficient (Wildman–Crippen LogP) is 2.50. The highest BCUT2D eigenvalue weighted by Crippen LogP contribution is 2.20. The van der Waals surface area contributed by atoms with Crippen LogP contribution in [0.15, 0.2) is 18.2 Å². The molecule has 0 aliphatic rings. The Morgan fingerprint density at radius 3 is 2.52 bits per heavy atom. The van der Waals surface area contributed by atoms with Crippen molar-refractivity contribution in [2.75, 3.05) is 31.5 Å². The average molecular weight is 314 g/mol. The van der Waals surface area contributed by atoms with Crippen LogP contribution in [0.25, 0.3) is 0 Å². The number of urea groups is 1. The number of anilines is 1. The number of nitrogens with zero attached hydrogens (tertiary/aromatic N) is 1. The van der Waals surface area contributed by atoms with Crippen molar-refractivity contribution >= 4 is 29.3 Å². The maximum absolute atomic E-state index is 11.7. The topological polar surface area (TPSA) is 81.7 Å². The molecule has 0 bridgehead atoms. The molecule has 0 fully saturated rings. The Morgan fingerprint density at radius 2 is 1.95 bits per heavy atom. The van der Waals surface area contributed by atoms with Gasteiger partial charge in [0.2, 0.25) is 0 Å². The van der Waals surface area contributed by atoms with Gasteiger partial charge in [-0.1, -0.05) is 25.4 Å². The van der Waals surface area contributed by atoms with Gasteiger partial charge in [0, 0.05) is 18.8 Å². The highest BCUT2D eigenvalue weighted by atomic mass is 35.5. The monoisotopic (exact) mass is 313 g/mol. The van der Waals surface area contributed by atoms with Gasteiger partial charge in [0.25, 0.3) is 0 Å². The molecule has 0 aliphatic heterocycles. The highest BCUT2D eigenvalue weighted by Gasteiger charge is 2.10. The summed E-state index contributed by atoms with van der Waals surface area (Å²) in [5.74, 6) is -1.13. The smallest absolute Gasteiger partial charge is 0.337 e. The van der Waals surface area contributed by atoms with Crippen molar-refractivity contribution in [3.8, 4) is 0 Å². The van der Waals surface area contributed by atoms with E-state index in [9.17, 15) is 9.59 Å². The third-order valence-corrected chi connectivity index (χ3v) is 3.39. The van der Waals surface area contributed by atoms with Crippen molar-refractivity contribution in [1.29, 1.82) is 0 Å². The fraction of sp³-hybridized carbons (Fsp3) is 0.429. The number of likely N-dealkylation sites (N-methyl/N-ethyl adjacent to an activating group) is 1. The van der Waals surface area contributed by atoms with E-state index >= 15 is 0 Å². The van der Waals surface area contributed by atoms with E-state index < -0.39 is 5.97 Å². The lowest BCUT2D eigenvalue weighted by Gasteiger charge is -2.18. The molecule has 1 aromatic rings. The molecule has 1 rings (SSSR count). The SMILES string of the molecule is CCN(CC)CCNC(=O)Nc1ccc(Cl)c(C(=O)O)c1. The van der Waals surface area contributed by atoms with Crippen LogP contribution in [0.1, 0.15) is 24.2 Å². The minimum Gasteiger partial charge on any atom is -0.478 e. The lowest BCUT2D eigenvalue weighted by Crippen LogP contribution is -2.36. The first kappa shape index (κ1) is 17.3. The van der Waals surface area contributed by atoms with Crippen LogP contribution in [0.4, 0.5) is 10.5 Å². The molecule has 0 saturated carbocycles. The van der Waals surface area contributed by atoms with Crippen molar-refractivity contribution in [3.63, 3.8) is 0 Å². The van der Waals surface area contributed by atoms with Gasteiger partial charge in [-0.15, -0.1) is 0 Å². The first-order valence-electron chi connectivity index (χ1n) is 6.78. The third-order valence-electron chi connectivity index (χ3n) is 3.06. The van der Waals surface area contributed by atoms with E-state index in [1.54, 1.807) is 6.07 Å². The number of rotatable bonds is 7. The predicted molar refractivity (Wildman–Crippen MR) is 83.2 cm³/mol. The molecule has 3 N–H and O–H groups in total. The van der Waals surface area contributed by atoms with Gasteiger partial charge < -0.3 is 20.6 Å². The second-order valence-electron chi connectivity index (χ2n) is 4.41. The molecule has 0 atom stereocenters. The Bertz CT molecular complexity index is 504. The van der Waals surface area contributed by atoms with E-state index in [1.807, 2.05) is 0 Å². The minimum atomic E-state index is -1.13. The van der Waals surface area contributed by atoms with Gasteiger partial charge in [-0.25, -0.2) is 9.59 Å². The Kier molecular flexibility index (Phi) is 6.98. The number of amides is 2. The maximum atomic E-state index is 11.7. The van der Waals surface area contributed by atoms with Crippen LogP contribution in [0, 0.1) is 0 Å². The number of hydrogen-bond acceptors (Lipinski definition) is 3. The van der Waals surface area contributed by atoms with Gasteiger partial charge in [-0.3, -0.25) is 0 Å².